The van der Waals surface area contributed by atoms with Crippen molar-refractivity contribution >= 4 is 5.91 Å². The number of fused-ring (bicyclic) bond motifs is 2. The first-order valence-electron chi connectivity index (χ1n) is 10.7. The van der Waals surface area contributed by atoms with Crippen LogP contribution in [0.2, 0.25) is 0 Å². The van der Waals surface area contributed by atoms with Crippen LogP contribution in [0.15, 0.2) is 10.6 Å². The summed E-state index contributed by atoms with van der Waals surface area (Å²) < 4.78 is 5.93. The van der Waals surface area contributed by atoms with Crippen LogP contribution in [-0.4, -0.2) is 46.9 Å². The van der Waals surface area contributed by atoms with Crippen molar-refractivity contribution in [1.82, 2.24) is 14.8 Å². The number of carbonyl (C=O) groups is 1. The third kappa shape index (κ3) is 2.46. The van der Waals surface area contributed by atoms with E-state index < -0.39 is 0 Å². The Morgan fingerprint density at radius 2 is 1.96 bits per heavy atom. The minimum absolute atomic E-state index is 0.0773. The van der Waals surface area contributed by atoms with Crippen molar-refractivity contribution in [2.45, 2.75) is 57.4 Å². The smallest absolute Gasteiger partial charge is 0.229 e. The Kier molecular flexibility index (Phi) is 3.36. The maximum atomic E-state index is 13.1. The predicted molar refractivity (Wildman–Crippen MR) is 96.3 cm³/mol. The maximum Gasteiger partial charge on any atom is 0.229 e. The monoisotopic (exact) mass is 355 g/mol. The number of aromatic nitrogens is 1. The molecule has 3 heterocycles. The zero-order valence-corrected chi connectivity index (χ0v) is 15.5. The first-order valence-corrected chi connectivity index (χ1v) is 10.7. The first kappa shape index (κ1) is 15.7. The van der Waals surface area contributed by atoms with Crippen LogP contribution in [0.3, 0.4) is 0 Å². The summed E-state index contributed by atoms with van der Waals surface area (Å²) in [7, 11) is 0. The summed E-state index contributed by atoms with van der Waals surface area (Å²) in [6, 6.07) is 0. The minimum atomic E-state index is 0.0773. The van der Waals surface area contributed by atoms with Gasteiger partial charge < -0.3 is 9.32 Å². The minimum Gasteiger partial charge on any atom is -0.444 e. The fourth-order valence-electron chi connectivity index (χ4n) is 6.11. The number of hydrogen-bond acceptors (Lipinski definition) is 4. The highest BCUT2D eigenvalue weighted by Crippen LogP contribution is 2.62. The third-order valence-electron chi connectivity index (χ3n) is 7.84. The summed E-state index contributed by atoms with van der Waals surface area (Å²) in [5.74, 6) is 5.11. The quantitative estimate of drug-likeness (QED) is 0.833. The van der Waals surface area contributed by atoms with Gasteiger partial charge in [0.2, 0.25) is 11.8 Å². The Morgan fingerprint density at radius 3 is 2.69 bits per heavy atom. The van der Waals surface area contributed by atoms with E-state index in [1.807, 2.05) is 6.20 Å². The summed E-state index contributed by atoms with van der Waals surface area (Å²) in [6.07, 6.45) is 10.7. The molecule has 1 amide bonds. The molecule has 0 N–H and O–H groups in total. The van der Waals surface area contributed by atoms with Crippen LogP contribution in [0.5, 0.6) is 0 Å². The normalized spacial score (nSPS) is 39.1. The number of nitrogens with zero attached hydrogens (tertiary/aromatic N) is 3. The zero-order chi connectivity index (χ0) is 17.3. The molecule has 5 fully saturated rings. The predicted octanol–water partition coefficient (Wildman–Crippen LogP) is 3.02. The molecule has 2 unspecified atom stereocenters. The molecule has 3 aliphatic carbocycles. The molecule has 3 saturated carbocycles. The lowest BCUT2D eigenvalue weighted by atomic mass is 9.87. The molecular weight excluding hydrogens is 326 g/mol. The number of likely N-dealkylation sites (tertiary alicyclic amines) is 2. The fourth-order valence-corrected chi connectivity index (χ4v) is 6.11. The van der Waals surface area contributed by atoms with Gasteiger partial charge in [-0.2, -0.15) is 0 Å². The van der Waals surface area contributed by atoms with Crippen molar-refractivity contribution in [2.24, 2.45) is 23.2 Å². The lowest BCUT2D eigenvalue weighted by Crippen LogP contribution is -2.39. The molecule has 5 aliphatic rings. The highest BCUT2D eigenvalue weighted by Gasteiger charge is 2.62. The van der Waals surface area contributed by atoms with Gasteiger partial charge in [-0.25, -0.2) is 4.98 Å². The Hall–Kier alpha value is -1.36. The molecule has 1 aromatic heterocycles. The van der Waals surface area contributed by atoms with Crippen LogP contribution in [0.1, 0.15) is 62.5 Å². The van der Waals surface area contributed by atoms with E-state index in [1.54, 1.807) is 0 Å². The van der Waals surface area contributed by atoms with Crippen molar-refractivity contribution in [2.75, 3.05) is 26.2 Å². The van der Waals surface area contributed by atoms with Gasteiger partial charge in [-0.3, -0.25) is 9.69 Å². The molecule has 140 valence electrons. The van der Waals surface area contributed by atoms with Gasteiger partial charge in [-0.1, -0.05) is 12.8 Å². The summed E-state index contributed by atoms with van der Waals surface area (Å²) >= 11 is 0. The van der Waals surface area contributed by atoms with E-state index in [9.17, 15) is 4.79 Å². The summed E-state index contributed by atoms with van der Waals surface area (Å²) in [4.78, 5) is 22.3. The highest BCUT2D eigenvalue weighted by atomic mass is 16.4. The van der Waals surface area contributed by atoms with Crippen LogP contribution in [0.25, 0.3) is 0 Å². The molecule has 4 atom stereocenters. The van der Waals surface area contributed by atoms with E-state index >= 15 is 0 Å². The molecule has 2 aliphatic heterocycles. The van der Waals surface area contributed by atoms with E-state index in [0.29, 0.717) is 29.6 Å². The zero-order valence-electron chi connectivity index (χ0n) is 15.5. The Morgan fingerprint density at radius 1 is 1.15 bits per heavy atom. The summed E-state index contributed by atoms with van der Waals surface area (Å²) in [5, 5.41) is 0. The lowest BCUT2D eigenvalue weighted by Gasteiger charge is -2.28. The van der Waals surface area contributed by atoms with E-state index in [1.165, 1.54) is 38.5 Å². The van der Waals surface area contributed by atoms with Crippen molar-refractivity contribution in [3.8, 4) is 0 Å². The Labute approximate surface area is 155 Å². The molecule has 0 aromatic carbocycles. The standard InChI is InChI=1S/C21H29N3O2/c25-20(21-6-2-1-3-17(21)7-21)24-11-15-9-23(10-16(15)12-24)13-19-22-8-18(26-19)14-4-5-14/h8,14-17H,1-7,9-13H2/t15-,16+,17?,21?. The van der Waals surface area contributed by atoms with Gasteiger partial charge in [0.05, 0.1) is 18.2 Å². The average molecular weight is 355 g/mol. The fraction of sp³-hybridized carbons (Fsp3) is 0.810. The molecule has 0 spiro atoms. The number of carbonyl (C=O) groups excluding carboxylic acids is 1. The molecular formula is C21H29N3O2. The van der Waals surface area contributed by atoms with Gasteiger partial charge in [-0.05, 0) is 49.9 Å². The highest BCUT2D eigenvalue weighted by molar-refractivity contribution is 5.86. The molecule has 0 radical (unpaired) electrons. The molecule has 1 aromatic rings. The second-order valence-electron chi connectivity index (χ2n) is 9.66. The van der Waals surface area contributed by atoms with E-state index in [2.05, 4.69) is 14.8 Å². The Balaban J connectivity index is 1.06. The van der Waals surface area contributed by atoms with Crippen LogP contribution in [0, 0.1) is 23.2 Å². The number of hydrogen-bond donors (Lipinski definition) is 0. The van der Waals surface area contributed by atoms with Crippen LogP contribution in [0.4, 0.5) is 0 Å². The van der Waals surface area contributed by atoms with Crippen LogP contribution in [-0.2, 0) is 11.3 Å². The second kappa shape index (κ2) is 5.57. The molecule has 2 saturated heterocycles. The molecule has 26 heavy (non-hydrogen) atoms. The number of rotatable bonds is 4. The molecule has 5 heteroatoms. The topological polar surface area (TPSA) is 49.6 Å². The van der Waals surface area contributed by atoms with Crippen molar-refractivity contribution in [1.29, 1.82) is 0 Å². The number of oxazole rings is 1. The summed E-state index contributed by atoms with van der Waals surface area (Å²) in [6.45, 7) is 4.97. The van der Waals surface area contributed by atoms with Crippen molar-refractivity contribution < 1.29 is 9.21 Å². The van der Waals surface area contributed by atoms with Crippen molar-refractivity contribution in [3.63, 3.8) is 0 Å². The van der Waals surface area contributed by atoms with Gasteiger partial charge in [-0.15, -0.1) is 0 Å². The molecule has 0 bridgehead atoms. The number of amides is 1. The van der Waals surface area contributed by atoms with Crippen LogP contribution >= 0.6 is 0 Å². The van der Waals surface area contributed by atoms with E-state index in [-0.39, 0.29) is 5.41 Å². The first-order chi connectivity index (χ1) is 12.7. The van der Waals surface area contributed by atoms with Crippen molar-refractivity contribution in [3.05, 3.63) is 17.8 Å². The van der Waals surface area contributed by atoms with E-state index in [4.69, 9.17) is 4.42 Å². The Bertz CT molecular complexity index is 713. The maximum absolute atomic E-state index is 13.1. The second-order valence-corrected chi connectivity index (χ2v) is 9.66. The SMILES string of the molecule is O=C(N1C[C@H]2CN(Cc3ncc(C4CC4)o3)C[C@H]2C1)C12CCCCC1C2. The largest absolute Gasteiger partial charge is 0.444 e. The van der Waals surface area contributed by atoms with Gasteiger partial charge >= 0.3 is 0 Å². The molecule has 6 rings (SSSR count). The van der Waals surface area contributed by atoms with E-state index in [0.717, 1.165) is 50.8 Å². The van der Waals surface area contributed by atoms with Gasteiger partial charge in [0, 0.05) is 32.1 Å². The average Bonchev–Trinajstić information content (AvgIpc) is 3.49. The third-order valence-corrected chi connectivity index (χ3v) is 7.84. The lowest BCUT2D eigenvalue weighted by molar-refractivity contribution is -0.137. The van der Waals surface area contributed by atoms with Gasteiger partial charge in [0.15, 0.2) is 0 Å². The van der Waals surface area contributed by atoms with Gasteiger partial charge in [0.1, 0.15) is 5.76 Å². The summed E-state index contributed by atoms with van der Waals surface area (Å²) in [5.41, 5.74) is 0.0773. The van der Waals surface area contributed by atoms with Gasteiger partial charge in [0.25, 0.3) is 0 Å². The molecule has 5 nitrogen and oxygen atoms in total. The van der Waals surface area contributed by atoms with Crippen LogP contribution < -0.4 is 0 Å².